The summed E-state index contributed by atoms with van der Waals surface area (Å²) in [6.45, 7) is 0. The summed E-state index contributed by atoms with van der Waals surface area (Å²) in [4.78, 5) is 15.8. The quantitative estimate of drug-likeness (QED) is 0.176. The summed E-state index contributed by atoms with van der Waals surface area (Å²) in [6, 6.07) is 63.9. The van der Waals surface area contributed by atoms with E-state index in [-0.39, 0.29) is 0 Å². The molecule has 0 aliphatic heterocycles. The lowest BCUT2D eigenvalue weighted by Crippen LogP contribution is -2.00. The summed E-state index contributed by atoms with van der Waals surface area (Å²) < 4.78 is 11.1. The van der Waals surface area contributed by atoms with Crippen molar-refractivity contribution < 1.29 is 4.42 Å². The van der Waals surface area contributed by atoms with Crippen LogP contribution in [0.15, 0.2) is 186 Å². The fourth-order valence-electron chi connectivity index (χ4n) is 8.41. The molecule has 0 saturated carbocycles. The van der Waals surface area contributed by atoms with E-state index in [0.717, 1.165) is 66.1 Å². The highest BCUT2D eigenvalue weighted by atomic mass is 32.1. The van der Waals surface area contributed by atoms with E-state index in [1.165, 1.54) is 31.3 Å². The number of hydrogen-bond acceptors (Lipinski definition) is 5. The predicted octanol–water partition coefficient (Wildman–Crippen LogP) is 13.9. The molecular weight excluding hydrogens is 717 g/mol. The third-order valence-corrected chi connectivity index (χ3v) is 12.2. The van der Waals surface area contributed by atoms with Crippen LogP contribution in [0.2, 0.25) is 0 Å². The molecule has 0 amide bonds. The first-order valence-electron chi connectivity index (χ1n) is 19.0. The Kier molecular flexibility index (Phi) is 7.03. The third kappa shape index (κ3) is 5.12. The third-order valence-electron chi connectivity index (χ3n) is 11.1. The molecule has 0 unspecified atom stereocenters. The Balaban J connectivity index is 1.11. The Morgan fingerprint density at radius 2 is 0.982 bits per heavy atom. The van der Waals surface area contributed by atoms with E-state index >= 15 is 0 Å². The second kappa shape index (κ2) is 12.6. The first-order valence-corrected chi connectivity index (χ1v) is 19.8. The average molecular weight is 747 g/mol. The van der Waals surface area contributed by atoms with Crippen molar-refractivity contribution in [3.05, 3.63) is 182 Å². The number of thiophene rings is 1. The van der Waals surface area contributed by atoms with Gasteiger partial charge in [0.05, 0.1) is 11.0 Å². The number of benzene rings is 8. The Morgan fingerprint density at radius 1 is 0.386 bits per heavy atom. The van der Waals surface area contributed by atoms with Crippen molar-refractivity contribution in [3.63, 3.8) is 0 Å². The van der Waals surface area contributed by atoms with E-state index in [1.807, 2.05) is 30.3 Å². The highest BCUT2D eigenvalue weighted by Gasteiger charge is 2.20. The van der Waals surface area contributed by atoms with E-state index in [9.17, 15) is 0 Å². The lowest BCUT2D eigenvalue weighted by Gasteiger charge is -2.10. The maximum atomic E-state index is 6.32. The topological polar surface area (TPSA) is 56.7 Å². The van der Waals surface area contributed by atoms with E-state index in [1.54, 1.807) is 11.3 Å². The molecule has 6 heteroatoms. The number of nitrogens with zero attached hydrogens (tertiary/aromatic N) is 4. The lowest BCUT2D eigenvalue weighted by molar-refractivity contribution is 0.669. The minimum atomic E-state index is 0.599. The van der Waals surface area contributed by atoms with Gasteiger partial charge in [0.2, 0.25) is 0 Å². The van der Waals surface area contributed by atoms with Crippen molar-refractivity contribution in [1.29, 1.82) is 0 Å². The van der Waals surface area contributed by atoms with Crippen molar-refractivity contribution in [2.24, 2.45) is 0 Å². The van der Waals surface area contributed by atoms with E-state index in [0.29, 0.717) is 17.5 Å². The molecule has 0 bridgehead atoms. The van der Waals surface area contributed by atoms with E-state index in [4.69, 9.17) is 19.4 Å². The Hall–Kier alpha value is -7.41. The standard InChI is InChI=1S/C51H30N4OS/c1-3-12-31(13-4-1)32-23-26-42-40(28-32)41-29-33(24-27-43(41)55(42)35-14-5-2-6-15-35)49-52-50(34-22-25-37-36-16-8-10-21-46(36)57-47(37)30-34)54-51(53-49)39-18-11-20-45-48(39)38-17-7-9-19-44(38)56-45/h1-30H. The lowest BCUT2D eigenvalue weighted by atomic mass is 10.0. The highest BCUT2D eigenvalue weighted by Crippen LogP contribution is 2.40. The second-order valence-corrected chi connectivity index (χ2v) is 15.5. The molecule has 266 valence electrons. The van der Waals surface area contributed by atoms with Gasteiger partial charge in [0.15, 0.2) is 17.5 Å². The van der Waals surface area contributed by atoms with Gasteiger partial charge in [0.25, 0.3) is 0 Å². The average Bonchev–Trinajstić information content (AvgIpc) is 3.95. The number of rotatable bonds is 5. The Labute approximate surface area is 330 Å². The van der Waals surface area contributed by atoms with Crippen LogP contribution in [-0.4, -0.2) is 19.5 Å². The largest absolute Gasteiger partial charge is 0.456 e. The van der Waals surface area contributed by atoms with Crippen molar-refractivity contribution in [2.75, 3.05) is 0 Å². The van der Waals surface area contributed by atoms with Crippen LogP contribution in [0.25, 0.3) is 115 Å². The maximum absolute atomic E-state index is 6.32. The first kappa shape index (κ1) is 31.9. The molecule has 0 N–H and O–H groups in total. The molecule has 5 nitrogen and oxygen atoms in total. The predicted molar refractivity (Wildman–Crippen MR) is 236 cm³/mol. The molecule has 0 spiro atoms. The molecule has 0 aliphatic carbocycles. The molecule has 4 aromatic heterocycles. The van der Waals surface area contributed by atoms with Crippen LogP contribution in [0.1, 0.15) is 0 Å². The molecule has 57 heavy (non-hydrogen) atoms. The molecule has 0 radical (unpaired) electrons. The number of fused-ring (bicyclic) bond motifs is 9. The molecule has 0 aliphatic rings. The summed E-state index contributed by atoms with van der Waals surface area (Å²) in [5, 5.41) is 6.81. The van der Waals surface area contributed by atoms with Gasteiger partial charge in [-0.1, -0.05) is 115 Å². The molecule has 12 aromatic rings. The smallest absolute Gasteiger partial charge is 0.164 e. The molecule has 0 fully saturated rings. The summed E-state index contributed by atoms with van der Waals surface area (Å²) in [7, 11) is 0. The monoisotopic (exact) mass is 746 g/mol. The fraction of sp³-hybridized carbons (Fsp3) is 0. The zero-order chi connectivity index (χ0) is 37.5. The van der Waals surface area contributed by atoms with Gasteiger partial charge in [-0.25, -0.2) is 15.0 Å². The van der Waals surface area contributed by atoms with Crippen molar-refractivity contribution in [2.45, 2.75) is 0 Å². The first-order chi connectivity index (χ1) is 28.2. The highest BCUT2D eigenvalue weighted by molar-refractivity contribution is 7.25. The van der Waals surface area contributed by atoms with Gasteiger partial charge in [-0.3, -0.25) is 0 Å². The van der Waals surface area contributed by atoms with Gasteiger partial charge in [-0.05, 0) is 77.9 Å². The van der Waals surface area contributed by atoms with Gasteiger partial charge in [0.1, 0.15) is 11.2 Å². The normalized spacial score (nSPS) is 11.9. The SMILES string of the molecule is c1ccc(-c2ccc3c(c2)c2cc(-c4nc(-c5ccc6c(c5)sc5ccccc56)nc(-c5cccc6oc7ccccc7c56)n4)ccc2n3-c2ccccc2)cc1. The van der Waals surface area contributed by atoms with Gasteiger partial charge < -0.3 is 8.98 Å². The van der Waals surface area contributed by atoms with Crippen molar-refractivity contribution >= 4 is 75.3 Å². The molecule has 4 heterocycles. The summed E-state index contributed by atoms with van der Waals surface area (Å²) in [5.41, 5.74) is 10.1. The van der Waals surface area contributed by atoms with Gasteiger partial charge in [0, 0.05) is 64.1 Å². The van der Waals surface area contributed by atoms with Crippen molar-refractivity contribution in [3.8, 4) is 51.0 Å². The van der Waals surface area contributed by atoms with Crippen LogP contribution < -0.4 is 0 Å². The molecule has 12 rings (SSSR count). The van der Waals surface area contributed by atoms with Crippen LogP contribution in [0.5, 0.6) is 0 Å². The van der Waals surface area contributed by atoms with Crippen LogP contribution in [0.3, 0.4) is 0 Å². The summed E-state index contributed by atoms with van der Waals surface area (Å²) in [5.74, 6) is 1.83. The number of furan rings is 1. The Morgan fingerprint density at radius 3 is 1.79 bits per heavy atom. The van der Waals surface area contributed by atoms with Crippen molar-refractivity contribution in [1.82, 2.24) is 19.5 Å². The van der Waals surface area contributed by atoms with Crippen LogP contribution in [0.4, 0.5) is 0 Å². The van der Waals surface area contributed by atoms with Crippen LogP contribution >= 0.6 is 11.3 Å². The van der Waals surface area contributed by atoms with E-state index < -0.39 is 0 Å². The number of para-hydroxylation sites is 2. The van der Waals surface area contributed by atoms with E-state index in [2.05, 4.69) is 156 Å². The summed E-state index contributed by atoms with van der Waals surface area (Å²) >= 11 is 1.79. The summed E-state index contributed by atoms with van der Waals surface area (Å²) in [6.07, 6.45) is 0. The molecule has 0 atom stereocenters. The zero-order valence-corrected chi connectivity index (χ0v) is 31.2. The minimum absolute atomic E-state index is 0.599. The Bertz CT molecular complexity index is 3530. The van der Waals surface area contributed by atoms with Gasteiger partial charge in [-0.15, -0.1) is 11.3 Å². The minimum Gasteiger partial charge on any atom is -0.456 e. The second-order valence-electron chi connectivity index (χ2n) is 14.4. The molecule has 8 aromatic carbocycles. The fourth-order valence-corrected chi connectivity index (χ4v) is 9.55. The van der Waals surface area contributed by atoms with Crippen LogP contribution in [0, 0.1) is 0 Å². The van der Waals surface area contributed by atoms with Crippen LogP contribution in [-0.2, 0) is 0 Å². The zero-order valence-electron chi connectivity index (χ0n) is 30.4. The molecular formula is C51H30N4OS. The van der Waals surface area contributed by atoms with Gasteiger partial charge in [-0.2, -0.15) is 0 Å². The maximum Gasteiger partial charge on any atom is 0.164 e. The molecule has 0 saturated heterocycles. The number of aromatic nitrogens is 4. The van der Waals surface area contributed by atoms with Gasteiger partial charge >= 0.3 is 0 Å². The number of hydrogen-bond donors (Lipinski definition) is 0.